The van der Waals surface area contributed by atoms with Crippen molar-refractivity contribution in [1.29, 1.82) is 0 Å². The lowest BCUT2D eigenvalue weighted by atomic mass is 9.54. The van der Waals surface area contributed by atoms with Gasteiger partial charge in [-0.25, -0.2) is 0 Å². The van der Waals surface area contributed by atoms with E-state index in [1.807, 2.05) is 0 Å². The molecule has 4 saturated carbocycles. The molecule has 4 fully saturated rings. The number of nitro groups is 1. The molecule has 1 amide bonds. The topological polar surface area (TPSA) is 81.5 Å². The molecule has 0 atom stereocenters. The molecule has 4 aliphatic carbocycles. The molecule has 0 radical (unpaired) electrons. The summed E-state index contributed by atoms with van der Waals surface area (Å²) in [6.07, 6.45) is 7.57. The van der Waals surface area contributed by atoms with Crippen LogP contribution in [0.5, 0.6) is 0 Å². The van der Waals surface area contributed by atoms with Gasteiger partial charge in [0.05, 0.1) is 27.7 Å². The molecular weight excluding hydrogens is 356 g/mol. The second-order valence-corrected chi connectivity index (χ2v) is 8.53. The first kappa shape index (κ1) is 17.7. The summed E-state index contributed by atoms with van der Waals surface area (Å²) in [5.74, 6) is 2.05. The van der Waals surface area contributed by atoms with Gasteiger partial charge in [0.15, 0.2) is 0 Å². The Labute approximate surface area is 157 Å². The molecule has 7 heteroatoms. The Kier molecular flexibility index (Phi) is 4.65. The number of nitro benzene ring substituents is 1. The van der Waals surface area contributed by atoms with E-state index in [0.29, 0.717) is 13.2 Å². The second-order valence-electron chi connectivity index (χ2n) is 8.13. The fourth-order valence-corrected chi connectivity index (χ4v) is 5.74. The number of carbonyl (C=O) groups is 1. The van der Waals surface area contributed by atoms with Crippen LogP contribution < -0.4 is 5.32 Å². The quantitative estimate of drug-likeness (QED) is 0.461. The lowest BCUT2D eigenvalue weighted by Gasteiger charge is -2.56. The fourth-order valence-electron chi connectivity index (χ4n) is 5.54. The van der Waals surface area contributed by atoms with Gasteiger partial charge in [0.25, 0.3) is 11.6 Å². The lowest BCUT2D eigenvalue weighted by molar-refractivity contribution is -0.384. The summed E-state index contributed by atoms with van der Waals surface area (Å²) < 4.78 is 6.26. The van der Waals surface area contributed by atoms with Gasteiger partial charge in [0.2, 0.25) is 0 Å². The third-order valence-corrected chi connectivity index (χ3v) is 6.51. The van der Waals surface area contributed by atoms with E-state index in [4.69, 9.17) is 16.3 Å². The fraction of sp³-hybridized carbons (Fsp3) is 0.632. The van der Waals surface area contributed by atoms with E-state index in [9.17, 15) is 14.9 Å². The summed E-state index contributed by atoms with van der Waals surface area (Å²) in [5.41, 5.74) is -0.0112. The first-order valence-electron chi connectivity index (χ1n) is 9.30. The van der Waals surface area contributed by atoms with Gasteiger partial charge in [-0.15, -0.1) is 0 Å². The Morgan fingerprint density at radius 3 is 2.42 bits per heavy atom. The molecular formula is C19H23ClN2O4. The maximum absolute atomic E-state index is 12.3. The zero-order valence-corrected chi connectivity index (χ0v) is 15.3. The first-order chi connectivity index (χ1) is 12.4. The summed E-state index contributed by atoms with van der Waals surface area (Å²) in [5, 5.41) is 13.8. The number of hydrogen-bond acceptors (Lipinski definition) is 4. The second kappa shape index (κ2) is 6.82. The maximum atomic E-state index is 12.3. The highest BCUT2D eigenvalue weighted by molar-refractivity contribution is 6.33. The van der Waals surface area contributed by atoms with E-state index in [0.717, 1.165) is 37.0 Å². The molecule has 4 aliphatic rings. The molecule has 26 heavy (non-hydrogen) atoms. The molecule has 1 aromatic carbocycles. The first-order valence-corrected chi connectivity index (χ1v) is 9.68. The molecule has 140 valence electrons. The van der Waals surface area contributed by atoms with Gasteiger partial charge in [-0.2, -0.15) is 0 Å². The third-order valence-electron chi connectivity index (χ3n) is 6.18. The smallest absolute Gasteiger partial charge is 0.270 e. The minimum atomic E-state index is -0.538. The van der Waals surface area contributed by atoms with Crippen molar-refractivity contribution < 1.29 is 14.5 Å². The van der Waals surface area contributed by atoms with E-state index >= 15 is 0 Å². The summed E-state index contributed by atoms with van der Waals surface area (Å²) >= 11 is 6.00. The number of carbonyl (C=O) groups excluding carboxylic acids is 1. The number of ether oxygens (including phenoxy) is 1. The maximum Gasteiger partial charge on any atom is 0.270 e. The minimum Gasteiger partial charge on any atom is -0.373 e. The zero-order valence-electron chi connectivity index (χ0n) is 14.6. The van der Waals surface area contributed by atoms with Gasteiger partial charge in [-0.05, 0) is 62.3 Å². The standard InChI is InChI=1S/C19H23ClN2O4/c20-17-2-1-15(22(24)25)8-16(17)18(23)21-3-4-26-19-9-12-5-13(10-19)7-14(6-12)11-19/h1-2,8,12-14H,3-7,9-11H2,(H,21,23). The molecule has 0 spiro atoms. The van der Waals surface area contributed by atoms with E-state index in [-0.39, 0.29) is 21.9 Å². The Balaban J connectivity index is 1.31. The minimum absolute atomic E-state index is 0.0165. The van der Waals surface area contributed by atoms with Gasteiger partial charge in [0.1, 0.15) is 0 Å². The number of non-ortho nitro benzene ring substituents is 1. The van der Waals surface area contributed by atoms with Crippen molar-refractivity contribution in [2.75, 3.05) is 13.2 Å². The van der Waals surface area contributed by atoms with Gasteiger partial charge in [-0.1, -0.05) is 11.6 Å². The predicted octanol–water partition coefficient (Wildman–Crippen LogP) is 3.96. The largest absolute Gasteiger partial charge is 0.373 e. The van der Waals surface area contributed by atoms with E-state index < -0.39 is 10.8 Å². The van der Waals surface area contributed by atoms with Gasteiger partial charge >= 0.3 is 0 Å². The van der Waals surface area contributed by atoms with Crippen molar-refractivity contribution in [2.24, 2.45) is 17.8 Å². The van der Waals surface area contributed by atoms with Crippen LogP contribution in [0.15, 0.2) is 18.2 Å². The Hall–Kier alpha value is -1.66. The van der Waals surface area contributed by atoms with Gasteiger partial charge in [0, 0.05) is 18.7 Å². The van der Waals surface area contributed by atoms with Crippen molar-refractivity contribution in [3.8, 4) is 0 Å². The van der Waals surface area contributed by atoms with Crippen LogP contribution in [0.4, 0.5) is 5.69 Å². The highest BCUT2D eigenvalue weighted by Gasteiger charge is 2.51. The van der Waals surface area contributed by atoms with Crippen molar-refractivity contribution in [2.45, 2.75) is 44.1 Å². The van der Waals surface area contributed by atoms with Crippen LogP contribution >= 0.6 is 11.6 Å². The highest BCUT2D eigenvalue weighted by atomic mass is 35.5. The molecule has 0 aromatic heterocycles. The van der Waals surface area contributed by atoms with Crippen LogP contribution in [0.1, 0.15) is 48.9 Å². The molecule has 0 aliphatic heterocycles. The van der Waals surface area contributed by atoms with E-state index in [2.05, 4.69) is 5.32 Å². The SMILES string of the molecule is O=C(NCCOC12CC3CC(CC(C3)C1)C2)c1cc([N+](=O)[O-])ccc1Cl. The van der Waals surface area contributed by atoms with Crippen LogP contribution in [0.3, 0.4) is 0 Å². The molecule has 1 aromatic rings. The van der Waals surface area contributed by atoms with Crippen LogP contribution in [0.25, 0.3) is 0 Å². The Morgan fingerprint density at radius 1 is 1.23 bits per heavy atom. The number of rotatable bonds is 6. The summed E-state index contributed by atoms with van der Waals surface area (Å²) in [6, 6.07) is 3.87. The van der Waals surface area contributed by atoms with Crippen molar-refractivity contribution >= 4 is 23.2 Å². The molecule has 5 rings (SSSR count). The molecule has 0 heterocycles. The Morgan fingerprint density at radius 2 is 1.85 bits per heavy atom. The predicted molar refractivity (Wildman–Crippen MR) is 97.3 cm³/mol. The highest BCUT2D eigenvalue weighted by Crippen LogP contribution is 2.57. The number of nitrogens with one attached hydrogen (secondary N) is 1. The molecule has 0 unspecified atom stereocenters. The summed E-state index contributed by atoms with van der Waals surface area (Å²) in [7, 11) is 0. The normalized spacial score (nSPS) is 31.8. The lowest BCUT2D eigenvalue weighted by Crippen LogP contribution is -2.52. The number of nitrogens with zero attached hydrogens (tertiary/aromatic N) is 1. The van der Waals surface area contributed by atoms with Crippen LogP contribution in [0.2, 0.25) is 5.02 Å². The average Bonchev–Trinajstić information content (AvgIpc) is 2.57. The third kappa shape index (κ3) is 3.45. The monoisotopic (exact) mass is 378 g/mol. The molecule has 6 nitrogen and oxygen atoms in total. The number of benzene rings is 1. The van der Waals surface area contributed by atoms with E-state index in [1.165, 1.54) is 37.5 Å². The number of halogens is 1. The van der Waals surface area contributed by atoms with Crippen molar-refractivity contribution in [3.63, 3.8) is 0 Å². The molecule has 1 N–H and O–H groups in total. The van der Waals surface area contributed by atoms with Crippen LogP contribution in [-0.2, 0) is 4.74 Å². The van der Waals surface area contributed by atoms with Gasteiger partial charge in [-0.3, -0.25) is 14.9 Å². The van der Waals surface area contributed by atoms with Crippen molar-refractivity contribution in [3.05, 3.63) is 38.9 Å². The molecule has 4 bridgehead atoms. The average molecular weight is 379 g/mol. The molecule has 0 saturated heterocycles. The Bertz CT molecular complexity index is 701. The van der Waals surface area contributed by atoms with E-state index in [1.54, 1.807) is 0 Å². The zero-order chi connectivity index (χ0) is 18.3. The number of hydrogen-bond donors (Lipinski definition) is 1. The van der Waals surface area contributed by atoms with Crippen LogP contribution in [0, 0.1) is 27.9 Å². The van der Waals surface area contributed by atoms with Gasteiger partial charge < -0.3 is 10.1 Å². The number of amides is 1. The summed E-state index contributed by atoms with van der Waals surface area (Å²) in [4.78, 5) is 22.6. The van der Waals surface area contributed by atoms with Crippen LogP contribution in [-0.4, -0.2) is 29.6 Å². The van der Waals surface area contributed by atoms with Crippen molar-refractivity contribution in [1.82, 2.24) is 5.32 Å². The summed E-state index contributed by atoms with van der Waals surface area (Å²) in [6.45, 7) is 0.837.